The predicted octanol–water partition coefficient (Wildman–Crippen LogP) is 6.49. The van der Waals surface area contributed by atoms with Gasteiger partial charge in [-0.05, 0) is 73.4 Å². The average Bonchev–Trinajstić information content (AvgIpc) is 2.99. The highest BCUT2D eigenvalue weighted by atomic mass is 32.2. The van der Waals surface area contributed by atoms with Gasteiger partial charge < -0.3 is 4.74 Å². The number of carbonyl (C=O) groups is 1. The van der Waals surface area contributed by atoms with Gasteiger partial charge in [-0.25, -0.2) is 0 Å². The first-order valence-electron chi connectivity index (χ1n) is 10.2. The number of thioether (sulfide) groups is 1. The van der Waals surface area contributed by atoms with Crippen molar-refractivity contribution in [3.8, 4) is 11.5 Å². The lowest BCUT2D eigenvalue weighted by atomic mass is 9.71. The lowest BCUT2D eigenvalue weighted by molar-refractivity contribution is -0.116. The van der Waals surface area contributed by atoms with Crippen LogP contribution in [0.5, 0.6) is 11.5 Å². The van der Waals surface area contributed by atoms with Gasteiger partial charge in [0.1, 0.15) is 11.5 Å². The van der Waals surface area contributed by atoms with Crippen LogP contribution < -0.4 is 9.64 Å². The summed E-state index contributed by atoms with van der Waals surface area (Å²) in [6.07, 6.45) is 4.53. The molecule has 1 heterocycles. The van der Waals surface area contributed by atoms with Crippen molar-refractivity contribution in [1.82, 2.24) is 0 Å². The number of hydrogen-bond acceptors (Lipinski definition) is 3. The fourth-order valence-corrected chi connectivity index (χ4v) is 5.90. The second-order valence-electron chi connectivity index (χ2n) is 9.01. The number of benzene rings is 2. The number of carbonyl (C=O) groups excluding carboxylic acids is 1. The van der Waals surface area contributed by atoms with Crippen molar-refractivity contribution < 1.29 is 9.53 Å². The summed E-state index contributed by atoms with van der Waals surface area (Å²) in [4.78, 5) is 14.8. The summed E-state index contributed by atoms with van der Waals surface area (Å²) in [5.41, 5.74) is 1.33. The van der Waals surface area contributed by atoms with Crippen LogP contribution in [0.15, 0.2) is 54.6 Å². The van der Waals surface area contributed by atoms with Crippen LogP contribution in [0.4, 0.5) is 5.69 Å². The maximum atomic E-state index is 12.8. The Morgan fingerprint density at radius 2 is 1.57 bits per heavy atom. The molecule has 0 unspecified atom stereocenters. The van der Waals surface area contributed by atoms with E-state index in [1.165, 1.54) is 12.8 Å². The van der Waals surface area contributed by atoms with Gasteiger partial charge in [0.15, 0.2) is 0 Å². The maximum absolute atomic E-state index is 12.8. The van der Waals surface area contributed by atoms with Crippen LogP contribution in [0, 0.1) is 11.3 Å². The van der Waals surface area contributed by atoms with Crippen LogP contribution >= 0.6 is 11.8 Å². The molecule has 0 bridgehead atoms. The second-order valence-corrected chi connectivity index (χ2v) is 10.4. The first-order chi connectivity index (χ1) is 13.4. The quantitative estimate of drug-likeness (QED) is 0.595. The fourth-order valence-electron chi connectivity index (χ4n) is 4.52. The van der Waals surface area contributed by atoms with Crippen molar-refractivity contribution in [2.75, 3.05) is 10.7 Å². The SMILES string of the molecule is CC(C)(C)C1CCC2(CC1)SCC(=O)N2c1ccc(Oc2ccccc2)cc1. The van der Waals surface area contributed by atoms with Crippen molar-refractivity contribution in [2.45, 2.75) is 51.3 Å². The van der Waals surface area contributed by atoms with E-state index in [9.17, 15) is 4.79 Å². The van der Waals surface area contributed by atoms with Crippen LogP contribution in [0.25, 0.3) is 0 Å². The lowest BCUT2D eigenvalue weighted by Gasteiger charge is -2.45. The average molecular weight is 396 g/mol. The minimum Gasteiger partial charge on any atom is -0.457 e. The molecule has 28 heavy (non-hydrogen) atoms. The lowest BCUT2D eigenvalue weighted by Crippen LogP contribution is -2.48. The van der Waals surface area contributed by atoms with Crippen molar-refractivity contribution >= 4 is 23.4 Å². The Hall–Kier alpha value is -1.94. The molecule has 1 saturated carbocycles. The van der Waals surface area contributed by atoms with Crippen LogP contribution in [0.3, 0.4) is 0 Å². The molecular formula is C24H29NO2S. The van der Waals surface area contributed by atoms with E-state index in [0.717, 1.165) is 35.9 Å². The molecule has 1 amide bonds. The number of hydrogen-bond donors (Lipinski definition) is 0. The summed E-state index contributed by atoms with van der Waals surface area (Å²) in [5.74, 6) is 3.16. The van der Waals surface area contributed by atoms with Crippen LogP contribution in [-0.4, -0.2) is 16.5 Å². The number of rotatable bonds is 3. The van der Waals surface area contributed by atoms with Gasteiger partial charge in [-0.1, -0.05) is 39.0 Å². The van der Waals surface area contributed by atoms with E-state index in [0.29, 0.717) is 11.2 Å². The molecule has 4 heteroatoms. The third kappa shape index (κ3) is 3.80. The van der Waals surface area contributed by atoms with E-state index in [-0.39, 0.29) is 10.8 Å². The van der Waals surface area contributed by atoms with Crippen molar-refractivity contribution in [2.24, 2.45) is 11.3 Å². The smallest absolute Gasteiger partial charge is 0.238 e. The zero-order valence-electron chi connectivity index (χ0n) is 17.0. The van der Waals surface area contributed by atoms with Gasteiger partial charge in [-0.15, -0.1) is 11.8 Å². The van der Waals surface area contributed by atoms with Crippen LogP contribution in [-0.2, 0) is 4.79 Å². The Balaban J connectivity index is 1.51. The first-order valence-corrected chi connectivity index (χ1v) is 11.2. The van der Waals surface area contributed by atoms with Gasteiger partial charge in [0.2, 0.25) is 5.91 Å². The van der Waals surface area contributed by atoms with E-state index in [1.54, 1.807) is 0 Å². The standard InChI is InChI=1S/C24H29NO2S/c1-23(2,3)18-13-15-24(16-14-18)25(22(26)17-28-24)19-9-11-21(12-10-19)27-20-7-5-4-6-8-20/h4-12,18H,13-17H2,1-3H3. The van der Waals surface area contributed by atoms with Crippen molar-refractivity contribution in [3.63, 3.8) is 0 Å². The normalized spacial score (nSPS) is 25.3. The molecule has 2 aromatic rings. The van der Waals surface area contributed by atoms with Gasteiger partial charge in [-0.2, -0.15) is 0 Å². The van der Waals surface area contributed by atoms with Crippen molar-refractivity contribution in [3.05, 3.63) is 54.6 Å². The highest BCUT2D eigenvalue weighted by Gasteiger charge is 2.49. The molecule has 2 aliphatic rings. The molecule has 4 rings (SSSR count). The number of anilines is 1. The fraction of sp³-hybridized carbons (Fsp3) is 0.458. The van der Waals surface area contributed by atoms with Gasteiger partial charge in [0.05, 0.1) is 10.6 Å². The summed E-state index contributed by atoms with van der Waals surface area (Å²) in [5, 5.41) is 0. The molecule has 148 valence electrons. The summed E-state index contributed by atoms with van der Waals surface area (Å²) in [7, 11) is 0. The summed E-state index contributed by atoms with van der Waals surface area (Å²) < 4.78 is 5.90. The van der Waals surface area contributed by atoms with Gasteiger partial charge >= 0.3 is 0 Å². The first kappa shape index (κ1) is 19.4. The molecular weight excluding hydrogens is 366 g/mol. The topological polar surface area (TPSA) is 29.5 Å². The minimum atomic E-state index is -0.0688. The second kappa shape index (κ2) is 7.47. The van der Waals surface area contributed by atoms with Crippen molar-refractivity contribution in [1.29, 1.82) is 0 Å². The zero-order chi connectivity index (χ0) is 19.8. The highest BCUT2D eigenvalue weighted by Crippen LogP contribution is 2.52. The Morgan fingerprint density at radius 1 is 0.964 bits per heavy atom. The largest absolute Gasteiger partial charge is 0.457 e. The molecule has 0 atom stereocenters. The number of para-hydroxylation sites is 1. The minimum absolute atomic E-state index is 0.0688. The van der Waals surface area contributed by atoms with Gasteiger partial charge in [-0.3, -0.25) is 9.69 Å². The molecule has 1 aliphatic heterocycles. The summed E-state index contributed by atoms with van der Waals surface area (Å²) in [6, 6.07) is 17.8. The molecule has 1 saturated heterocycles. The van der Waals surface area contributed by atoms with Gasteiger partial charge in [0.25, 0.3) is 0 Å². The predicted molar refractivity (Wildman–Crippen MR) is 117 cm³/mol. The molecule has 1 aliphatic carbocycles. The third-order valence-corrected chi connectivity index (χ3v) is 7.71. The molecule has 3 nitrogen and oxygen atoms in total. The van der Waals surface area contributed by atoms with E-state index in [2.05, 4.69) is 25.7 Å². The Bertz CT molecular complexity index is 818. The van der Waals surface area contributed by atoms with E-state index >= 15 is 0 Å². The summed E-state index contributed by atoms with van der Waals surface area (Å²) in [6.45, 7) is 7.02. The molecule has 2 fully saturated rings. The van der Waals surface area contributed by atoms with E-state index in [1.807, 2.05) is 66.4 Å². The molecule has 1 spiro atoms. The molecule has 0 radical (unpaired) electrons. The Labute approximate surface area is 172 Å². The highest BCUT2D eigenvalue weighted by molar-refractivity contribution is 8.02. The molecule has 0 N–H and O–H groups in total. The van der Waals surface area contributed by atoms with Crippen LogP contribution in [0.1, 0.15) is 46.5 Å². The number of amides is 1. The van der Waals surface area contributed by atoms with E-state index in [4.69, 9.17) is 4.74 Å². The molecule has 2 aromatic carbocycles. The third-order valence-electron chi connectivity index (χ3n) is 6.19. The maximum Gasteiger partial charge on any atom is 0.238 e. The number of ether oxygens (including phenoxy) is 1. The van der Waals surface area contributed by atoms with Crippen LogP contribution in [0.2, 0.25) is 0 Å². The monoisotopic (exact) mass is 395 g/mol. The van der Waals surface area contributed by atoms with Gasteiger partial charge in [0, 0.05) is 5.69 Å². The zero-order valence-corrected chi connectivity index (χ0v) is 17.8. The molecule has 0 aromatic heterocycles. The Kier molecular flexibility index (Phi) is 5.17. The number of nitrogens with zero attached hydrogens (tertiary/aromatic N) is 1. The van der Waals surface area contributed by atoms with E-state index < -0.39 is 0 Å². The summed E-state index contributed by atoms with van der Waals surface area (Å²) >= 11 is 1.84. The Morgan fingerprint density at radius 3 is 2.18 bits per heavy atom.